The van der Waals surface area contributed by atoms with Crippen molar-refractivity contribution in [1.82, 2.24) is 9.80 Å². The molecule has 13 nitrogen and oxygen atoms in total. The van der Waals surface area contributed by atoms with Crippen molar-refractivity contribution in [3.63, 3.8) is 0 Å². The Bertz CT molecular complexity index is 1630. The summed E-state index contributed by atoms with van der Waals surface area (Å²) in [5, 5.41) is 56.3. The highest BCUT2D eigenvalue weighted by Crippen LogP contribution is 2.54. The average molecular weight is 685 g/mol. The second-order valence-corrected chi connectivity index (χ2v) is 14.3. The smallest absolute Gasteiger partial charge is 0.202 e. The number of benzene rings is 2. The standard InChI is InChI=1S/C36H48N2O11/c1-8-36(45)13-12-19-26(33(44)28-27(31(19)42)32(43)25-18(30(28)41)10-9-11-22(25)39)35(36)49-24-15-21(38(6)7)34(17(3)47-24)48-23-14-20(37(4)5)29(40)16(2)46-23/h9-11,16-17,20-21,23-24,29,34-35,39-40,42,44-45H,8,12-15H2,1-7H3/t16-,17-,20-,21+,23-,24-,29-,34+,35-,36+/m0/s1. The summed E-state index contributed by atoms with van der Waals surface area (Å²) in [6.45, 7) is 5.46. The van der Waals surface area contributed by atoms with Gasteiger partial charge in [-0.05, 0) is 67.4 Å². The van der Waals surface area contributed by atoms with Crippen LogP contribution in [0.4, 0.5) is 0 Å². The van der Waals surface area contributed by atoms with Crippen LogP contribution in [0.1, 0.15) is 95.5 Å². The first-order valence-electron chi connectivity index (χ1n) is 17.0. The minimum atomic E-state index is -1.51. The summed E-state index contributed by atoms with van der Waals surface area (Å²) in [6, 6.07) is 3.70. The number of carbonyl (C=O) groups is 2. The minimum absolute atomic E-state index is 0.0329. The van der Waals surface area contributed by atoms with E-state index < -0.39 is 83.1 Å². The van der Waals surface area contributed by atoms with E-state index in [0.717, 1.165) is 0 Å². The van der Waals surface area contributed by atoms with Crippen molar-refractivity contribution in [3.05, 3.63) is 51.6 Å². The topological polar surface area (TPSA) is 179 Å². The lowest BCUT2D eigenvalue weighted by Crippen LogP contribution is -2.59. The van der Waals surface area contributed by atoms with Gasteiger partial charge in [-0.2, -0.15) is 0 Å². The molecule has 2 aromatic carbocycles. The summed E-state index contributed by atoms with van der Waals surface area (Å²) >= 11 is 0. The number of aliphatic hydroxyl groups is 2. The normalized spacial score (nSPS) is 34.6. The second-order valence-electron chi connectivity index (χ2n) is 14.3. The summed E-state index contributed by atoms with van der Waals surface area (Å²) in [5.74, 6) is -2.96. The Morgan fingerprint density at radius 2 is 1.47 bits per heavy atom. The number of phenols is 3. The molecule has 49 heavy (non-hydrogen) atoms. The fraction of sp³-hybridized carbons (Fsp3) is 0.611. The number of hydrogen-bond acceptors (Lipinski definition) is 13. The number of nitrogens with zero attached hydrogens (tertiary/aromatic N) is 2. The molecule has 0 amide bonds. The van der Waals surface area contributed by atoms with Crippen LogP contribution in [-0.2, 0) is 25.4 Å². The molecule has 0 radical (unpaired) electrons. The second kappa shape index (κ2) is 13.2. The number of rotatable bonds is 7. The predicted molar refractivity (Wildman–Crippen MR) is 176 cm³/mol. The maximum Gasteiger partial charge on any atom is 0.202 e. The fourth-order valence-corrected chi connectivity index (χ4v) is 8.06. The summed E-state index contributed by atoms with van der Waals surface area (Å²) in [6.07, 6.45) is -3.55. The molecule has 2 fully saturated rings. The third kappa shape index (κ3) is 5.93. The van der Waals surface area contributed by atoms with Crippen LogP contribution in [0, 0.1) is 0 Å². The van der Waals surface area contributed by atoms with Crippen molar-refractivity contribution in [2.24, 2.45) is 0 Å². The monoisotopic (exact) mass is 684 g/mol. The van der Waals surface area contributed by atoms with Gasteiger partial charge in [0, 0.05) is 41.6 Å². The SMILES string of the molecule is CC[C@@]1(O)CCc2c(O)c3c(c(O)c2[C@@H]1O[C@H]1C[C@@H](N(C)C)[C@H](O[C@H]2C[C@H](N(C)C)[C@@H](O)[C@H](C)O2)[C@H](C)O1)C(=O)c1cccc(O)c1C3=O. The van der Waals surface area contributed by atoms with Crippen LogP contribution in [0.15, 0.2) is 18.2 Å². The van der Waals surface area contributed by atoms with Gasteiger partial charge < -0.3 is 54.3 Å². The van der Waals surface area contributed by atoms with E-state index in [4.69, 9.17) is 18.9 Å². The van der Waals surface area contributed by atoms with Gasteiger partial charge in [0.05, 0.1) is 40.6 Å². The lowest BCUT2D eigenvalue weighted by molar-refractivity contribution is -0.313. The van der Waals surface area contributed by atoms with Crippen LogP contribution < -0.4 is 0 Å². The van der Waals surface area contributed by atoms with Gasteiger partial charge in [0.25, 0.3) is 0 Å². The van der Waals surface area contributed by atoms with Crippen molar-refractivity contribution in [1.29, 1.82) is 0 Å². The third-order valence-electron chi connectivity index (χ3n) is 11.0. The van der Waals surface area contributed by atoms with E-state index in [2.05, 4.69) is 0 Å². The maximum absolute atomic E-state index is 13.7. The molecule has 0 aromatic heterocycles. The number of likely N-dealkylation sites (N-methyl/N-ethyl adjacent to an activating group) is 2. The number of hydrogen-bond donors (Lipinski definition) is 5. The zero-order valence-corrected chi connectivity index (χ0v) is 29.0. The Kier molecular flexibility index (Phi) is 9.61. The first kappa shape index (κ1) is 35.7. The molecule has 2 aliphatic heterocycles. The molecule has 13 heteroatoms. The first-order valence-corrected chi connectivity index (χ1v) is 17.0. The van der Waals surface area contributed by atoms with Gasteiger partial charge >= 0.3 is 0 Å². The molecule has 5 N–H and O–H groups in total. The molecule has 2 saturated heterocycles. The summed E-state index contributed by atoms with van der Waals surface area (Å²) in [4.78, 5) is 31.3. The zero-order valence-electron chi connectivity index (χ0n) is 29.0. The van der Waals surface area contributed by atoms with E-state index in [0.29, 0.717) is 12.8 Å². The third-order valence-corrected chi connectivity index (χ3v) is 11.0. The number of ether oxygens (including phenoxy) is 4. The molecule has 0 saturated carbocycles. The average Bonchev–Trinajstić information content (AvgIpc) is 3.04. The largest absolute Gasteiger partial charge is 0.507 e. The van der Waals surface area contributed by atoms with Crippen molar-refractivity contribution in [3.8, 4) is 17.2 Å². The van der Waals surface area contributed by atoms with Gasteiger partial charge in [-0.15, -0.1) is 0 Å². The van der Waals surface area contributed by atoms with Gasteiger partial charge in [0.2, 0.25) is 5.78 Å². The van der Waals surface area contributed by atoms with Crippen molar-refractivity contribution in [2.75, 3.05) is 28.2 Å². The van der Waals surface area contributed by atoms with E-state index in [9.17, 15) is 35.1 Å². The Labute approximate surface area is 285 Å². The molecule has 0 spiro atoms. The lowest BCUT2D eigenvalue weighted by atomic mass is 9.71. The lowest BCUT2D eigenvalue weighted by Gasteiger charge is -2.48. The molecule has 2 heterocycles. The molecule has 0 bridgehead atoms. The van der Waals surface area contributed by atoms with Crippen LogP contribution in [-0.4, -0.2) is 130 Å². The van der Waals surface area contributed by atoms with E-state index in [-0.39, 0.29) is 59.2 Å². The van der Waals surface area contributed by atoms with E-state index >= 15 is 0 Å². The molecule has 268 valence electrons. The molecule has 0 unspecified atom stereocenters. The number of aliphatic hydroxyl groups excluding tert-OH is 1. The van der Waals surface area contributed by atoms with Crippen LogP contribution in [0.2, 0.25) is 0 Å². The number of carbonyl (C=O) groups excluding carboxylic acids is 2. The fourth-order valence-electron chi connectivity index (χ4n) is 8.06. The number of fused-ring (bicyclic) bond motifs is 3. The molecule has 2 aliphatic carbocycles. The van der Waals surface area contributed by atoms with Gasteiger partial charge in [0.1, 0.15) is 29.5 Å². The van der Waals surface area contributed by atoms with E-state index in [1.54, 1.807) is 6.92 Å². The highest BCUT2D eigenvalue weighted by atomic mass is 16.7. The Morgan fingerprint density at radius 3 is 2.12 bits per heavy atom. The van der Waals surface area contributed by atoms with Gasteiger partial charge in [0.15, 0.2) is 18.4 Å². The maximum atomic E-state index is 13.7. The summed E-state index contributed by atoms with van der Waals surface area (Å²) < 4.78 is 25.6. The van der Waals surface area contributed by atoms with Crippen LogP contribution in [0.3, 0.4) is 0 Å². The highest BCUT2D eigenvalue weighted by Gasteiger charge is 2.51. The van der Waals surface area contributed by atoms with Crippen LogP contribution in [0.5, 0.6) is 17.2 Å². The van der Waals surface area contributed by atoms with Crippen LogP contribution in [0.25, 0.3) is 0 Å². The molecule has 10 atom stereocenters. The van der Waals surface area contributed by atoms with Crippen molar-refractivity contribution >= 4 is 11.6 Å². The van der Waals surface area contributed by atoms with E-state index in [1.165, 1.54) is 18.2 Å². The Morgan fingerprint density at radius 1 is 0.857 bits per heavy atom. The summed E-state index contributed by atoms with van der Waals surface area (Å²) in [5.41, 5.74) is -2.40. The first-order chi connectivity index (χ1) is 23.1. The molecule has 6 rings (SSSR count). The molecule has 4 aliphatic rings. The van der Waals surface area contributed by atoms with Crippen molar-refractivity contribution < 1.29 is 54.1 Å². The van der Waals surface area contributed by atoms with Crippen molar-refractivity contribution in [2.45, 2.75) is 114 Å². The Hall–Kier alpha value is -3.14. The van der Waals surface area contributed by atoms with E-state index in [1.807, 2.05) is 51.8 Å². The number of ketones is 2. The molecular formula is C36H48N2O11. The predicted octanol–water partition coefficient (Wildman–Crippen LogP) is 2.60. The van der Waals surface area contributed by atoms with Crippen LogP contribution >= 0.6 is 0 Å². The molecular weight excluding hydrogens is 636 g/mol. The molecule has 2 aromatic rings. The highest BCUT2D eigenvalue weighted by molar-refractivity contribution is 6.31. The van der Waals surface area contributed by atoms with Gasteiger partial charge in [-0.1, -0.05) is 19.1 Å². The zero-order chi connectivity index (χ0) is 35.7. The van der Waals surface area contributed by atoms with Gasteiger partial charge in [-0.25, -0.2) is 0 Å². The van der Waals surface area contributed by atoms with Gasteiger partial charge in [-0.3, -0.25) is 9.59 Å². The number of phenolic OH excluding ortho intramolecular Hbond substituents is 3. The summed E-state index contributed by atoms with van der Waals surface area (Å²) in [7, 11) is 7.65. The quantitative estimate of drug-likeness (QED) is 0.230. The minimum Gasteiger partial charge on any atom is -0.507 e. The Balaban J connectivity index is 1.32. The number of aromatic hydroxyl groups is 3.